The number of fused-ring (bicyclic) bond motifs is 1. The van der Waals surface area contributed by atoms with Crippen molar-refractivity contribution in [1.82, 2.24) is 9.13 Å². The Morgan fingerprint density at radius 2 is 1.56 bits per heavy atom. The second-order valence-corrected chi connectivity index (χ2v) is 9.77. The van der Waals surface area contributed by atoms with Crippen molar-refractivity contribution in [3.63, 3.8) is 0 Å². The van der Waals surface area contributed by atoms with Gasteiger partial charge in [0.1, 0.15) is 5.75 Å². The molecule has 170 valence electrons. The first-order chi connectivity index (χ1) is 15.1. The predicted octanol–water partition coefficient (Wildman–Crippen LogP) is 2.30. The maximum Gasteiger partial charge on any atom is 0.316 e. The molecule has 2 aromatic carbocycles. The standard InChI is InChI=1S/C21H23ClN4O5S/c1-24-17-11-15(23-32(29,30)13-6-7-19(31-3)14(22)10-13)16(26-8-4-5-9-26)12-18(17)25(2)21(28)20(24)27/h6-7,10-12,23H,4-5,8-9H2,1-3H3. The second kappa shape index (κ2) is 8.18. The lowest BCUT2D eigenvalue weighted by molar-refractivity contribution is 0.414. The van der Waals surface area contributed by atoms with Crippen molar-refractivity contribution < 1.29 is 13.2 Å². The molecule has 0 radical (unpaired) electrons. The summed E-state index contributed by atoms with van der Waals surface area (Å²) in [6.45, 7) is 1.52. The Kier molecular flexibility index (Phi) is 5.68. The molecule has 32 heavy (non-hydrogen) atoms. The van der Waals surface area contributed by atoms with E-state index in [-0.39, 0.29) is 9.92 Å². The highest BCUT2D eigenvalue weighted by Crippen LogP contribution is 2.35. The molecule has 1 aliphatic heterocycles. The number of methoxy groups -OCH3 is 1. The van der Waals surface area contributed by atoms with Crippen LogP contribution in [0, 0.1) is 0 Å². The van der Waals surface area contributed by atoms with Crippen molar-refractivity contribution in [3.8, 4) is 5.75 Å². The molecular weight excluding hydrogens is 456 g/mol. The molecule has 0 aliphatic carbocycles. The highest BCUT2D eigenvalue weighted by atomic mass is 35.5. The summed E-state index contributed by atoms with van der Waals surface area (Å²) in [6, 6.07) is 7.55. The number of anilines is 2. The fourth-order valence-electron chi connectivity index (χ4n) is 3.93. The minimum Gasteiger partial charge on any atom is -0.495 e. The van der Waals surface area contributed by atoms with Gasteiger partial charge in [-0.1, -0.05) is 11.6 Å². The summed E-state index contributed by atoms with van der Waals surface area (Å²) in [5.41, 5.74) is 0.602. The van der Waals surface area contributed by atoms with E-state index in [4.69, 9.17) is 16.3 Å². The largest absolute Gasteiger partial charge is 0.495 e. The van der Waals surface area contributed by atoms with Crippen molar-refractivity contribution in [3.05, 3.63) is 56.1 Å². The molecule has 1 fully saturated rings. The molecule has 9 nitrogen and oxygen atoms in total. The van der Waals surface area contributed by atoms with Gasteiger partial charge in [-0.3, -0.25) is 14.3 Å². The number of nitrogens with one attached hydrogen (secondary N) is 1. The summed E-state index contributed by atoms with van der Waals surface area (Å²) in [5, 5.41) is 0.172. The minimum absolute atomic E-state index is 0.0230. The Morgan fingerprint density at radius 3 is 2.12 bits per heavy atom. The predicted molar refractivity (Wildman–Crippen MR) is 125 cm³/mol. The third-order valence-corrected chi connectivity index (χ3v) is 7.39. The van der Waals surface area contributed by atoms with Gasteiger partial charge in [-0.05, 0) is 43.2 Å². The second-order valence-electron chi connectivity index (χ2n) is 7.68. The summed E-state index contributed by atoms with van der Waals surface area (Å²) in [5.74, 6) is 0.366. The molecule has 0 amide bonds. The molecule has 11 heteroatoms. The Balaban J connectivity index is 1.90. The molecular formula is C21H23ClN4O5S. The first kappa shape index (κ1) is 22.2. The molecule has 1 N–H and O–H groups in total. The number of ether oxygens (including phenoxy) is 1. The normalized spacial score (nSPS) is 14.2. The number of halogens is 1. The van der Waals surface area contributed by atoms with Crippen molar-refractivity contribution in [1.29, 1.82) is 0 Å². The first-order valence-corrected chi connectivity index (χ1v) is 11.8. The van der Waals surface area contributed by atoms with E-state index in [1.165, 1.54) is 48.5 Å². The third-order valence-electron chi connectivity index (χ3n) is 5.73. The lowest BCUT2D eigenvalue weighted by Crippen LogP contribution is -2.39. The molecule has 1 aliphatic rings. The third kappa shape index (κ3) is 3.73. The molecule has 4 rings (SSSR count). The number of nitrogens with zero attached hydrogens (tertiary/aromatic N) is 3. The number of benzene rings is 2. The van der Waals surface area contributed by atoms with Crippen LogP contribution in [-0.2, 0) is 24.1 Å². The van der Waals surface area contributed by atoms with E-state index in [1.807, 2.05) is 0 Å². The summed E-state index contributed by atoms with van der Waals surface area (Å²) in [6.07, 6.45) is 1.95. The van der Waals surface area contributed by atoms with Crippen LogP contribution in [0.15, 0.2) is 44.8 Å². The van der Waals surface area contributed by atoms with Crippen LogP contribution in [0.5, 0.6) is 5.75 Å². The number of sulfonamides is 1. The van der Waals surface area contributed by atoms with Gasteiger partial charge in [0.05, 0.1) is 39.4 Å². The maximum absolute atomic E-state index is 13.2. The number of hydrogen-bond donors (Lipinski definition) is 1. The van der Waals surface area contributed by atoms with E-state index >= 15 is 0 Å². The van der Waals surface area contributed by atoms with Crippen LogP contribution in [0.4, 0.5) is 11.4 Å². The zero-order valence-electron chi connectivity index (χ0n) is 17.9. The average molecular weight is 479 g/mol. The number of hydrogen-bond acceptors (Lipinski definition) is 6. The monoisotopic (exact) mass is 478 g/mol. The zero-order chi connectivity index (χ0) is 23.2. The van der Waals surface area contributed by atoms with Crippen molar-refractivity contribution >= 4 is 44.0 Å². The van der Waals surface area contributed by atoms with Crippen molar-refractivity contribution in [2.24, 2.45) is 14.1 Å². The zero-order valence-corrected chi connectivity index (χ0v) is 19.5. The average Bonchev–Trinajstić information content (AvgIpc) is 3.30. The van der Waals surface area contributed by atoms with Crippen LogP contribution >= 0.6 is 11.6 Å². The molecule has 2 heterocycles. The van der Waals surface area contributed by atoms with Gasteiger partial charge in [0, 0.05) is 27.2 Å². The molecule has 0 spiro atoms. The van der Waals surface area contributed by atoms with Gasteiger partial charge < -0.3 is 18.8 Å². The van der Waals surface area contributed by atoms with E-state index in [9.17, 15) is 18.0 Å². The topological polar surface area (TPSA) is 103 Å². The Labute approximate surface area is 189 Å². The Morgan fingerprint density at radius 1 is 0.969 bits per heavy atom. The molecule has 0 saturated carbocycles. The summed E-state index contributed by atoms with van der Waals surface area (Å²) in [7, 11) is 0.472. The Hall–Kier alpha value is -2.98. The number of aromatic nitrogens is 2. The van der Waals surface area contributed by atoms with E-state index < -0.39 is 21.1 Å². The summed E-state index contributed by atoms with van der Waals surface area (Å²) < 4.78 is 36.6. The van der Waals surface area contributed by atoms with E-state index in [0.29, 0.717) is 28.2 Å². The van der Waals surface area contributed by atoms with Crippen LogP contribution in [0.3, 0.4) is 0 Å². The van der Waals surface area contributed by atoms with Crippen molar-refractivity contribution in [2.75, 3.05) is 29.8 Å². The molecule has 0 unspecified atom stereocenters. The quantitative estimate of drug-likeness (QED) is 0.564. The fraction of sp³-hybridized carbons (Fsp3) is 0.333. The van der Waals surface area contributed by atoms with Gasteiger partial charge in [0.2, 0.25) is 0 Å². The SMILES string of the molecule is COc1ccc(S(=O)(=O)Nc2cc3c(cc2N2CCCC2)n(C)c(=O)c(=O)n3C)cc1Cl. The van der Waals surface area contributed by atoms with Crippen molar-refractivity contribution in [2.45, 2.75) is 17.7 Å². The fourth-order valence-corrected chi connectivity index (χ4v) is 5.34. The van der Waals surface area contributed by atoms with Gasteiger partial charge in [-0.2, -0.15) is 0 Å². The van der Waals surface area contributed by atoms with Crippen LogP contribution in [0.2, 0.25) is 5.02 Å². The van der Waals surface area contributed by atoms with Crippen LogP contribution in [-0.4, -0.2) is 37.8 Å². The van der Waals surface area contributed by atoms with Gasteiger partial charge in [-0.25, -0.2) is 8.42 Å². The molecule has 0 atom stereocenters. The van der Waals surface area contributed by atoms with Gasteiger partial charge in [-0.15, -0.1) is 0 Å². The summed E-state index contributed by atoms with van der Waals surface area (Å²) >= 11 is 6.13. The lowest BCUT2D eigenvalue weighted by atomic mass is 10.2. The molecule has 3 aromatic rings. The highest BCUT2D eigenvalue weighted by molar-refractivity contribution is 7.92. The van der Waals surface area contributed by atoms with E-state index in [0.717, 1.165) is 25.9 Å². The van der Waals surface area contributed by atoms with Crippen LogP contribution in [0.1, 0.15) is 12.8 Å². The molecule has 1 saturated heterocycles. The highest BCUT2D eigenvalue weighted by Gasteiger charge is 2.23. The van der Waals surface area contributed by atoms with E-state index in [2.05, 4.69) is 9.62 Å². The summed E-state index contributed by atoms with van der Waals surface area (Å²) in [4.78, 5) is 26.7. The minimum atomic E-state index is -4.00. The van der Waals surface area contributed by atoms with Crippen LogP contribution in [0.25, 0.3) is 11.0 Å². The van der Waals surface area contributed by atoms with Gasteiger partial charge in [0.25, 0.3) is 10.0 Å². The smallest absolute Gasteiger partial charge is 0.316 e. The van der Waals surface area contributed by atoms with E-state index in [1.54, 1.807) is 12.1 Å². The number of rotatable bonds is 5. The number of aryl methyl sites for hydroxylation is 2. The van der Waals surface area contributed by atoms with Gasteiger partial charge in [0.15, 0.2) is 0 Å². The molecule has 1 aromatic heterocycles. The maximum atomic E-state index is 13.2. The first-order valence-electron chi connectivity index (χ1n) is 9.99. The Bertz CT molecular complexity index is 1440. The lowest BCUT2D eigenvalue weighted by Gasteiger charge is -2.24. The molecule has 0 bridgehead atoms. The van der Waals surface area contributed by atoms with Crippen LogP contribution < -0.4 is 25.5 Å². The van der Waals surface area contributed by atoms with Gasteiger partial charge >= 0.3 is 11.1 Å².